The summed E-state index contributed by atoms with van der Waals surface area (Å²) >= 11 is 0. The number of rotatable bonds is 5. The van der Waals surface area contributed by atoms with E-state index in [1.165, 1.54) is 12.1 Å². The fourth-order valence-corrected chi connectivity index (χ4v) is 3.42. The number of likely N-dealkylation sites (tertiary alicyclic amines) is 1. The average Bonchev–Trinajstić information content (AvgIpc) is 2.99. The molecule has 2 heterocycles. The number of halogens is 1. The van der Waals surface area contributed by atoms with E-state index in [0.29, 0.717) is 24.9 Å². The van der Waals surface area contributed by atoms with E-state index in [4.69, 9.17) is 0 Å². The zero-order valence-corrected chi connectivity index (χ0v) is 13.9. The topological polar surface area (TPSA) is 75.4 Å². The molecule has 1 fully saturated rings. The predicted octanol–water partition coefficient (Wildman–Crippen LogP) is 2.17. The first-order valence-corrected chi connectivity index (χ1v) is 8.21. The van der Waals surface area contributed by atoms with E-state index < -0.39 is 17.9 Å². The van der Waals surface area contributed by atoms with Crippen molar-refractivity contribution in [1.29, 1.82) is 0 Å². The van der Waals surface area contributed by atoms with Gasteiger partial charge >= 0.3 is 5.97 Å². The lowest BCUT2D eigenvalue weighted by atomic mass is 9.85. The van der Waals surface area contributed by atoms with Crippen LogP contribution in [0.3, 0.4) is 0 Å². The quantitative estimate of drug-likeness (QED) is 0.901. The van der Waals surface area contributed by atoms with Gasteiger partial charge in [0.15, 0.2) is 0 Å². The number of nitrogens with zero attached hydrogens (tertiary/aromatic N) is 3. The molecule has 0 aliphatic carbocycles. The molecule has 1 N–H and O–H groups in total. The summed E-state index contributed by atoms with van der Waals surface area (Å²) < 4.78 is 14.9. The molecule has 0 radical (unpaired) electrons. The van der Waals surface area contributed by atoms with Crippen LogP contribution >= 0.6 is 0 Å². The minimum atomic E-state index is -0.919. The van der Waals surface area contributed by atoms with E-state index in [1.54, 1.807) is 41.2 Å². The van der Waals surface area contributed by atoms with Crippen molar-refractivity contribution in [1.82, 2.24) is 14.7 Å². The Balaban J connectivity index is 1.86. The maximum Gasteiger partial charge on any atom is 0.308 e. The van der Waals surface area contributed by atoms with E-state index in [0.717, 1.165) is 5.56 Å². The van der Waals surface area contributed by atoms with Gasteiger partial charge in [0.2, 0.25) is 5.91 Å². The number of carboxylic acid groups (broad SMARTS) is 1. The minimum absolute atomic E-state index is 0.0808. The first-order valence-electron chi connectivity index (χ1n) is 8.21. The van der Waals surface area contributed by atoms with Crippen LogP contribution in [0.25, 0.3) is 0 Å². The maximum absolute atomic E-state index is 13.4. The van der Waals surface area contributed by atoms with Crippen molar-refractivity contribution in [3.8, 4) is 0 Å². The van der Waals surface area contributed by atoms with Gasteiger partial charge in [-0.1, -0.05) is 12.1 Å². The second kappa shape index (κ2) is 7.04. The molecule has 25 heavy (non-hydrogen) atoms. The number of hydrogen-bond acceptors (Lipinski definition) is 3. The first-order chi connectivity index (χ1) is 12.0. The standard InChI is InChI=1S/C18H20FN3O3/c1-21-11-13(10-20-21)17-15(18(24)25)5-6-16(23)22(17)8-7-12-3-2-4-14(19)9-12/h2-4,9-11,15,17H,5-8H2,1H3,(H,24,25)/t15-,17-/m0/s1. The Kier molecular flexibility index (Phi) is 4.83. The van der Waals surface area contributed by atoms with Crippen LogP contribution in [-0.4, -0.2) is 38.2 Å². The molecule has 0 spiro atoms. The van der Waals surface area contributed by atoms with E-state index in [-0.39, 0.29) is 18.1 Å². The Bertz CT molecular complexity index is 789. The molecule has 1 aliphatic rings. The lowest BCUT2D eigenvalue weighted by Crippen LogP contribution is -2.46. The summed E-state index contributed by atoms with van der Waals surface area (Å²) in [4.78, 5) is 25.8. The zero-order valence-electron chi connectivity index (χ0n) is 13.9. The molecule has 1 aliphatic heterocycles. The molecule has 1 amide bonds. The van der Waals surface area contributed by atoms with E-state index in [9.17, 15) is 19.1 Å². The predicted molar refractivity (Wildman–Crippen MR) is 88.1 cm³/mol. The van der Waals surface area contributed by atoms with Crippen LogP contribution in [0.4, 0.5) is 4.39 Å². The summed E-state index contributed by atoms with van der Waals surface area (Å²) in [5.74, 6) is -2.00. The number of carbonyl (C=O) groups is 2. The van der Waals surface area contributed by atoms with Gasteiger partial charge in [-0.2, -0.15) is 5.10 Å². The molecule has 6 nitrogen and oxygen atoms in total. The first kappa shape index (κ1) is 17.1. The van der Waals surface area contributed by atoms with Crippen molar-refractivity contribution < 1.29 is 19.1 Å². The van der Waals surface area contributed by atoms with Crippen molar-refractivity contribution in [3.63, 3.8) is 0 Å². The highest BCUT2D eigenvalue weighted by molar-refractivity contribution is 5.81. The summed E-state index contributed by atoms with van der Waals surface area (Å²) in [5.41, 5.74) is 1.48. The molecule has 7 heteroatoms. The summed E-state index contributed by atoms with van der Waals surface area (Å²) in [6, 6.07) is 5.67. The molecular weight excluding hydrogens is 325 g/mol. The molecule has 0 saturated carbocycles. The number of aliphatic carboxylic acids is 1. The van der Waals surface area contributed by atoms with Crippen LogP contribution in [0.15, 0.2) is 36.7 Å². The molecule has 132 valence electrons. The molecule has 3 rings (SSSR count). The maximum atomic E-state index is 13.4. The second-order valence-electron chi connectivity index (χ2n) is 6.34. The summed E-state index contributed by atoms with van der Waals surface area (Å²) in [5, 5.41) is 13.7. The third-order valence-corrected chi connectivity index (χ3v) is 4.62. The molecule has 0 unspecified atom stereocenters. The van der Waals surface area contributed by atoms with Crippen molar-refractivity contribution in [2.45, 2.75) is 25.3 Å². The second-order valence-corrected chi connectivity index (χ2v) is 6.34. The van der Waals surface area contributed by atoms with Gasteiger partial charge in [0, 0.05) is 31.8 Å². The SMILES string of the molecule is Cn1cc([C@H]2[C@@H](C(=O)O)CCC(=O)N2CCc2cccc(F)c2)cn1. The van der Waals surface area contributed by atoms with Crippen LogP contribution in [0, 0.1) is 11.7 Å². The summed E-state index contributed by atoms with van der Waals surface area (Å²) in [6.07, 6.45) is 4.33. The Morgan fingerprint density at radius 1 is 1.44 bits per heavy atom. The Morgan fingerprint density at radius 2 is 2.24 bits per heavy atom. The van der Waals surface area contributed by atoms with Gasteiger partial charge in [0.05, 0.1) is 18.2 Å². The Hall–Kier alpha value is -2.70. The summed E-state index contributed by atoms with van der Waals surface area (Å²) in [6.45, 7) is 0.339. The molecule has 1 saturated heterocycles. The molecule has 1 aromatic carbocycles. The molecule has 2 atom stereocenters. The highest BCUT2D eigenvalue weighted by atomic mass is 19.1. The number of hydrogen-bond donors (Lipinski definition) is 1. The Labute approximate surface area is 144 Å². The van der Waals surface area contributed by atoms with Crippen molar-refractivity contribution >= 4 is 11.9 Å². The third kappa shape index (κ3) is 3.70. The van der Waals surface area contributed by atoms with Gasteiger partial charge in [-0.25, -0.2) is 4.39 Å². The van der Waals surface area contributed by atoms with Gasteiger partial charge in [-0.15, -0.1) is 0 Å². The fraction of sp³-hybridized carbons (Fsp3) is 0.389. The van der Waals surface area contributed by atoms with Crippen LogP contribution in [0.2, 0.25) is 0 Å². The smallest absolute Gasteiger partial charge is 0.308 e. The van der Waals surface area contributed by atoms with Crippen molar-refractivity contribution in [3.05, 3.63) is 53.6 Å². The highest BCUT2D eigenvalue weighted by Gasteiger charge is 2.41. The van der Waals surface area contributed by atoms with Crippen molar-refractivity contribution in [2.75, 3.05) is 6.54 Å². The lowest BCUT2D eigenvalue weighted by molar-refractivity contribution is -0.152. The average molecular weight is 345 g/mol. The minimum Gasteiger partial charge on any atom is -0.481 e. The van der Waals surface area contributed by atoms with Gasteiger partial charge in [-0.05, 0) is 30.5 Å². The molecule has 1 aromatic heterocycles. The zero-order chi connectivity index (χ0) is 18.0. The number of benzene rings is 1. The number of aromatic nitrogens is 2. The van der Waals surface area contributed by atoms with Gasteiger partial charge in [0.1, 0.15) is 5.82 Å². The van der Waals surface area contributed by atoms with Crippen LogP contribution < -0.4 is 0 Å². The lowest BCUT2D eigenvalue weighted by Gasteiger charge is -2.39. The third-order valence-electron chi connectivity index (χ3n) is 4.62. The number of carbonyl (C=O) groups excluding carboxylic acids is 1. The van der Waals surface area contributed by atoms with Crippen LogP contribution in [0.1, 0.15) is 30.0 Å². The number of piperidine rings is 1. The monoisotopic (exact) mass is 345 g/mol. The van der Waals surface area contributed by atoms with Gasteiger partial charge in [-0.3, -0.25) is 14.3 Å². The molecule has 0 bridgehead atoms. The van der Waals surface area contributed by atoms with Gasteiger partial charge < -0.3 is 10.0 Å². The Morgan fingerprint density at radius 3 is 2.88 bits per heavy atom. The fourth-order valence-electron chi connectivity index (χ4n) is 3.42. The number of amides is 1. The van der Waals surface area contributed by atoms with E-state index in [1.807, 2.05) is 0 Å². The van der Waals surface area contributed by atoms with E-state index >= 15 is 0 Å². The van der Waals surface area contributed by atoms with Crippen LogP contribution in [0.5, 0.6) is 0 Å². The van der Waals surface area contributed by atoms with E-state index in [2.05, 4.69) is 5.10 Å². The summed E-state index contributed by atoms with van der Waals surface area (Å²) in [7, 11) is 1.75. The normalized spacial score (nSPS) is 20.7. The van der Waals surface area contributed by atoms with Gasteiger partial charge in [0.25, 0.3) is 0 Å². The van der Waals surface area contributed by atoms with Crippen LogP contribution in [-0.2, 0) is 23.1 Å². The molecule has 2 aromatic rings. The number of aryl methyl sites for hydroxylation is 1. The highest BCUT2D eigenvalue weighted by Crippen LogP contribution is 2.36. The number of carboxylic acids is 1. The van der Waals surface area contributed by atoms with Crippen molar-refractivity contribution in [2.24, 2.45) is 13.0 Å². The largest absolute Gasteiger partial charge is 0.481 e. The molecular formula is C18H20FN3O3.